The van der Waals surface area contributed by atoms with Gasteiger partial charge in [0.1, 0.15) is 5.82 Å². The van der Waals surface area contributed by atoms with E-state index in [-0.39, 0.29) is 18.3 Å². The summed E-state index contributed by atoms with van der Waals surface area (Å²) in [5.41, 5.74) is 10.3. The molecule has 84 valence electrons. The van der Waals surface area contributed by atoms with E-state index in [4.69, 9.17) is 20.9 Å². The van der Waals surface area contributed by atoms with Crippen LogP contribution in [0.15, 0.2) is 22.3 Å². The highest BCUT2D eigenvalue weighted by Gasteiger charge is 2.16. The van der Waals surface area contributed by atoms with Crippen LogP contribution in [0.1, 0.15) is 5.56 Å². The molecule has 0 spiro atoms. The van der Waals surface area contributed by atoms with Crippen molar-refractivity contribution in [3.05, 3.63) is 23.5 Å². The summed E-state index contributed by atoms with van der Waals surface area (Å²) in [4.78, 5) is 0. The Morgan fingerprint density at radius 3 is 2.69 bits per heavy atom. The van der Waals surface area contributed by atoms with Crippen LogP contribution in [0.3, 0.4) is 0 Å². The lowest BCUT2D eigenvalue weighted by Gasteiger charge is -1.98. The summed E-state index contributed by atoms with van der Waals surface area (Å²) in [5, 5.41) is 6.86. The molecule has 1 heterocycles. The van der Waals surface area contributed by atoms with E-state index in [2.05, 4.69) is 10.2 Å². The van der Waals surface area contributed by atoms with Gasteiger partial charge in [-0.15, -0.1) is 5.10 Å². The van der Waals surface area contributed by atoms with E-state index in [1.54, 1.807) is 0 Å². The maximum atomic E-state index is 13.4. The Kier molecular flexibility index (Phi) is 2.59. The van der Waals surface area contributed by atoms with Crippen LogP contribution in [-0.4, -0.2) is 19.0 Å². The maximum Gasteiger partial charge on any atom is 0.231 e. The van der Waals surface area contributed by atoms with E-state index in [1.807, 2.05) is 0 Å². The van der Waals surface area contributed by atoms with Gasteiger partial charge in [0, 0.05) is 11.6 Å². The molecule has 4 N–H and O–H groups in total. The Morgan fingerprint density at radius 2 is 2.00 bits per heavy atom. The molecule has 1 aromatic carbocycles. The van der Waals surface area contributed by atoms with Gasteiger partial charge >= 0.3 is 0 Å². The number of benzene rings is 1. The summed E-state index contributed by atoms with van der Waals surface area (Å²) >= 11 is 0. The van der Waals surface area contributed by atoms with Crippen molar-refractivity contribution in [1.29, 1.82) is 0 Å². The van der Waals surface area contributed by atoms with Crippen molar-refractivity contribution in [3.63, 3.8) is 0 Å². The van der Waals surface area contributed by atoms with Gasteiger partial charge in [-0.1, -0.05) is 0 Å². The molecule has 7 heteroatoms. The Balaban J connectivity index is 2.28. The summed E-state index contributed by atoms with van der Waals surface area (Å²) in [6, 6.07) is 2.68. The number of ether oxygens (including phenoxy) is 2. The van der Waals surface area contributed by atoms with Gasteiger partial charge in [-0.25, -0.2) is 4.39 Å². The van der Waals surface area contributed by atoms with Crippen LogP contribution in [-0.2, 0) is 0 Å². The number of hydrogen-bond acceptors (Lipinski definition) is 4. The van der Waals surface area contributed by atoms with Crippen LogP contribution in [0, 0.1) is 5.82 Å². The van der Waals surface area contributed by atoms with Gasteiger partial charge < -0.3 is 20.9 Å². The largest absolute Gasteiger partial charge is 0.454 e. The van der Waals surface area contributed by atoms with Crippen molar-refractivity contribution in [2.45, 2.75) is 0 Å². The Bertz CT molecular complexity index is 469. The number of nitrogens with two attached hydrogens (primary N) is 2. The normalized spacial score (nSPS) is 13.1. The third-order valence-corrected chi connectivity index (χ3v) is 1.86. The average molecular weight is 224 g/mol. The van der Waals surface area contributed by atoms with Crippen LogP contribution in [0.25, 0.3) is 0 Å². The Morgan fingerprint density at radius 1 is 1.31 bits per heavy atom. The van der Waals surface area contributed by atoms with E-state index in [0.717, 1.165) is 0 Å². The smallest absolute Gasteiger partial charge is 0.231 e. The third-order valence-electron chi connectivity index (χ3n) is 1.86. The van der Waals surface area contributed by atoms with Crippen LogP contribution in [0.2, 0.25) is 0 Å². The van der Waals surface area contributed by atoms with Gasteiger partial charge in [0.05, 0.1) is 6.21 Å². The van der Waals surface area contributed by atoms with Gasteiger partial charge in [0.25, 0.3) is 0 Å². The summed E-state index contributed by atoms with van der Waals surface area (Å²) in [5.74, 6) is 0.153. The molecule has 1 aliphatic rings. The monoisotopic (exact) mass is 224 g/mol. The van der Waals surface area contributed by atoms with E-state index in [9.17, 15) is 4.39 Å². The number of hydrogen-bond donors (Lipinski definition) is 2. The molecular formula is C9H9FN4O2. The van der Waals surface area contributed by atoms with Crippen molar-refractivity contribution in [2.75, 3.05) is 6.79 Å². The molecule has 0 saturated heterocycles. The van der Waals surface area contributed by atoms with Crippen molar-refractivity contribution < 1.29 is 13.9 Å². The SMILES string of the molecule is NC(N)=NN=Cc1cc2c(cc1F)OCO2. The summed E-state index contributed by atoms with van der Waals surface area (Å²) in [7, 11) is 0. The first kappa shape index (κ1) is 10.2. The minimum Gasteiger partial charge on any atom is -0.454 e. The van der Waals surface area contributed by atoms with Gasteiger partial charge in [0.15, 0.2) is 11.5 Å². The summed E-state index contributed by atoms with van der Waals surface area (Å²) in [6.07, 6.45) is 1.19. The molecular weight excluding hydrogens is 215 g/mol. The van der Waals surface area contributed by atoms with Crippen LogP contribution >= 0.6 is 0 Å². The summed E-state index contributed by atoms with van der Waals surface area (Å²) < 4.78 is 23.5. The molecule has 0 aromatic heterocycles. The second-order valence-corrected chi connectivity index (χ2v) is 3.00. The molecule has 1 aromatic rings. The molecule has 0 atom stereocenters. The Hall–Kier alpha value is -2.31. The molecule has 0 aliphatic carbocycles. The first-order chi connectivity index (χ1) is 7.66. The molecule has 16 heavy (non-hydrogen) atoms. The number of halogens is 1. The highest BCUT2D eigenvalue weighted by atomic mass is 19.1. The lowest BCUT2D eigenvalue weighted by atomic mass is 10.2. The zero-order valence-corrected chi connectivity index (χ0v) is 8.18. The number of fused-ring (bicyclic) bond motifs is 1. The number of rotatable bonds is 2. The maximum absolute atomic E-state index is 13.4. The van der Waals surface area contributed by atoms with E-state index < -0.39 is 5.82 Å². The summed E-state index contributed by atoms with van der Waals surface area (Å²) in [6.45, 7) is 0.0866. The van der Waals surface area contributed by atoms with Crippen molar-refractivity contribution >= 4 is 12.2 Å². The molecule has 0 bridgehead atoms. The molecule has 0 amide bonds. The Labute approximate surface area is 90.4 Å². The second-order valence-electron chi connectivity index (χ2n) is 3.00. The molecule has 0 saturated carbocycles. The molecule has 0 unspecified atom stereocenters. The number of nitrogens with zero attached hydrogens (tertiary/aromatic N) is 2. The van der Waals surface area contributed by atoms with Crippen LogP contribution in [0.4, 0.5) is 4.39 Å². The van der Waals surface area contributed by atoms with E-state index in [0.29, 0.717) is 11.5 Å². The van der Waals surface area contributed by atoms with E-state index in [1.165, 1.54) is 18.3 Å². The quantitative estimate of drug-likeness (QED) is 0.425. The van der Waals surface area contributed by atoms with E-state index >= 15 is 0 Å². The van der Waals surface area contributed by atoms with Gasteiger partial charge in [0.2, 0.25) is 12.8 Å². The number of guanidine groups is 1. The first-order valence-corrected chi connectivity index (χ1v) is 4.38. The van der Waals surface area contributed by atoms with Gasteiger partial charge in [-0.3, -0.25) is 0 Å². The predicted molar refractivity (Wildman–Crippen MR) is 55.9 cm³/mol. The zero-order valence-electron chi connectivity index (χ0n) is 8.18. The lowest BCUT2D eigenvalue weighted by Crippen LogP contribution is -2.21. The fraction of sp³-hybridized carbons (Fsp3) is 0.111. The highest BCUT2D eigenvalue weighted by Crippen LogP contribution is 2.33. The van der Waals surface area contributed by atoms with Crippen LogP contribution in [0.5, 0.6) is 11.5 Å². The predicted octanol–water partition coefficient (Wildman–Crippen LogP) is 0.162. The third kappa shape index (κ3) is 2.02. The van der Waals surface area contributed by atoms with Gasteiger partial charge in [-0.05, 0) is 6.07 Å². The highest BCUT2D eigenvalue weighted by molar-refractivity contribution is 5.83. The average Bonchev–Trinajstić information content (AvgIpc) is 2.64. The van der Waals surface area contributed by atoms with Crippen molar-refractivity contribution in [2.24, 2.45) is 21.7 Å². The zero-order chi connectivity index (χ0) is 11.5. The van der Waals surface area contributed by atoms with Crippen molar-refractivity contribution in [1.82, 2.24) is 0 Å². The molecule has 6 nitrogen and oxygen atoms in total. The molecule has 0 fully saturated rings. The molecule has 1 aliphatic heterocycles. The first-order valence-electron chi connectivity index (χ1n) is 4.38. The minimum atomic E-state index is -0.487. The fourth-order valence-electron chi connectivity index (χ4n) is 1.19. The molecule has 0 radical (unpaired) electrons. The lowest BCUT2D eigenvalue weighted by molar-refractivity contribution is 0.174. The van der Waals surface area contributed by atoms with Crippen LogP contribution < -0.4 is 20.9 Å². The van der Waals surface area contributed by atoms with Crippen molar-refractivity contribution in [3.8, 4) is 11.5 Å². The van der Waals surface area contributed by atoms with Gasteiger partial charge in [-0.2, -0.15) is 5.10 Å². The second kappa shape index (κ2) is 4.05. The minimum absolute atomic E-state index is 0.0866. The standard InChI is InChI=1S/C9H9FN4O2/c10-6-2-8-7(15-4-16-8)1-5(6)3-13-14-9(11)12/h1-3H,4H2,(H4,11,12,14). The topological polar surface area (TPSA) is 95.2 Å². The molecule has 2 rings (SSSR count). The fourth-order valence-corrected chi connectivity index (χ4v) is 1.19.